The summed E-state index contributed by atoms with van der Waals surface area (Å²) in [7, 11) is 1.75. The summed E-state index contributed by atoms with van der Waals surface area (Å²) in [4.78, 5) is 26.1. The maximum Gasteiger partial charge on any atom is 0.239 e. The summed E-state index contributed by atoms with van der Waals surface area (Å²) >= 11 is 1.33. The minimum Gasteiger partial charge on any atom is -0.325 e. The van der Waals surface area contributed by atoms with Crippen LogP contribution in [0.25, 0.3) is 0 Å². The summed E-state index contributed by atoms with van der Waals surface area (Å²) < 4.78 is 0. The molecule has 5 heteroatoms. The van der Waals surface area contributed by atoms with Gasteiger partial charge in [0.2, 0.25) is 11.8 Å². The maximum atomic E-state index is 12.4. The van der Waals surface area contributed by atoms with Crippen molar-refractivity contribution >= 4 is 35.0 Å². The number of anilines is 2. The molecule has 0 aromatic heterocycles. The molecule has 0 heterocycles. The minimum absolute atomic E-state index is 0.0191. The van der Waals surface area contributed by atoms with Crippen LogP contribution in [0.1, 0.15) is 12.5 Å². The van der Waals surface area contributed by atoms with E-state index in [-0.39, 0.29) is 22.8 Å². The van der Waals surface area contributed by atoms with Crippen LogP contribution in [0.4, 0.5) is 11.4 Å². The van der Waals surface area contributed by atoms with Crippen molar-refractivity contribution in [1.82, 2.24) is 0 Å². The molecule has 0 radical (unpaired) electrons. The van der Waals surface area contributed by atoms with E-state index in [1.807, 2.05) is 68.4 Å². The molecule has 0 aliphatic rings. The zero-order chi connectivity index (χ0) is 17.5. The van der Waals surface area contributed by atoms with E-state index in [2.05, 4.69) is 5.32 Å². The fourth-order valence-electron chi connectivity index (χ4n) is 2.16. The maximum absolute atomic E-state index is 12.4. The highest BCUT2D eigenvalue weighted by molar-refractivity contribution is 8.01. The third kappa shape index (κ3) is 5.13. The molecule has 0 saturated carbocycles. The van der Waals surface area contributed by atoms with Crippen LogP contribution in [-0.2, 0) is 9.59 Å². The van der Waals surface area contributed by atoms with Crippen molar-refractivity contribution in [3.8, 4) is 0 Å². The second-order valence-corrected chi connectivity index (χ2v) is 6.93. The lowest BCUT2D eigenvalue weighted by atomic mass is 10.2. The van der Waals surface area contributed by atoms with Crippen LogP contribution in [0.3, 0.4) is 0 Å². The van der Waals surface area contributed by atoms with Crippen LogP contribution in [0.2, 0.25) is 0 Å². The van der Waals surface area contributed by atoms with Crippen LogP contribution in [0.15, 0.2) is 54.6 Å². The molecule has 0 spiro atoms. The van der Waals surface area contributed by atoms with E-state index in [1.165, 1.54) is 11.8 Å². The second-order valence-electron chi connectivity index (χ2n) is 5.60. The molecule has 0 aliphatic carbocycles. The number of benzene rings is 2. The first-order valence-electron chi connectivity index (χ1n) is 7.78. The predicted octanol–water partition coefficient (Wildman–Crippen LogP) is 3.72. The molecule has 1 N–H and O–H groups in total. The lowest BCUT2D eigenvalue weighted by Gasteiger charge is -2.21. The van der Waals surface area contributed by atoms with Crippen LogP contribution in [0.5, 0.6) is 0 Å². The first-order chi connectivity index (χ1) is 11.5. The highest BCUT2D eigenvalue weighted by atomic mass is 32.2. The van der Waals surface area contributed by atoms with E-state index >= 15 is 0 Å². The highest BCUT2D eigenvalue weighted by Gasteiger charge is 2.20. The summed E-state index contributed by atoms with van der Waals surface area (Å²) in [6, 6.07) is 17.1. The fraction of sp³-hybridized carbons (Fsp3) is 0.263. The fourth-order valence-corrected chi connectivity index (χ4v) is 2.93. The standard InChI is InChI=1S/C19H22N2O2S/c1-14-9-11-16(12-10-14)20-18(22)13-24-15(2)19(23)21(3)17-7-5-4-6-8-17/h4-12,15H,13H2,1-3H3,(H,20,22). The number of rotatable bonds is 6. The highest BCUT2D eigenvalue weighted by Crippen LogP contribution is 2.18. The van der Waals surface area contributed by atoms with Crippen molar-refractivity contribution in [2.75, 3.05) is 23.0 Å². The van der Waals surface area contributed by atoms with Crippen LogP contribution < -0.4 is 10.2 Å². The molecule has 2 amide bonds. The molecule has 2 rings (SSSR count). The van der Waals surface area contributed by atoms with E-state index in [9.17, 15) is 9.59 Å². The van der Waals surface area contributed by atoms with E-state index < -0.39 is 0 Å². The van der Waals surface area contributed by atoms with E-state index in [0.29, 0.717) is 0 Å². The first-order valence-corrected chi connectivity index (χ1v) is 8.83. The largest absolute Gasteiger partial charge is 0.325 e. The summed E-state index contributed by atoms with van der Waals surface area (Å²) in [5.41, 5.74) is 2.76. The molecular weight excluding hydrogens is 320 g/mol. The van der Waals surface area contributed by atoms with Crippen LogP contribution in [0, 0.1) is 6.92 Å². The third-order valence-corrected chi connectivity index (χ3v) is 4.75. The molecule has 2 aromatic rings. The monoisotopic (exact) mass is 342 g/mol. The Kier molecular flexibility index (Phi) is 6.44. The number of amides is 2. The van der Waals surface area contributed by atoms with Gasteiger partial charge < -0.3 is 10.2 Å². The smallest absolute Gasteiger partial charge is 0.239 e. The minimum atomic E-state index is -0.293. The number of carbonyl (C=O) groups is 2. The topological polar surface area (TPSA) is 49.4 Å². The molecule has 126 valence electrons. The van der Waals surface area contributed by atoms with E-state index in [1.54, 1.807) is 11.9 Å². The molecule has 0 bridgehead atoms. The lowest BCUT2D eigenvalue weighted by Crippen LogP contribution is -2.34. The lowest BCUT2D eigenvalue weighted by molar-refractivity contribution is -0.117. The predicted molar refractivity (Wildman–Crippen MR) is 102 cm³/mol. The zero-order valence-electron chi connectivity index (χ0n) is 14.2. The second kappa shape index (κ2) is 8.55. The Balaban J connectivity index is 1.83. The van der Waals surface area contributed by atoms with Crippen molar-refractivity contribution in [2.45, 2.75) is 19.1 Å². The molecule has 0 aliphatic heterocycles. The van der Waals surface area contributed by atoms with Gasteiger partial charge in [0.05, 0.1) is 11.0 Å². The average Bonchev–Trinajstić information content (AvgIpc) is 2.61. The third-order valence-electron chi connectivity index (χ3n) is 3.62. The molecule has 4 nitrogen and oxygen atoms in total. The SMILES string of the molecule is Cc1ccc(NC(=O)CSC(C)C(=O)N(C)c2ccccc2)cc1. The van der Waals surface area contributed by atoms with Gasteiger partial charge in [-0.2, -0.15) is 0 Å². The molecule has 24 heavy (non-hydrogen) atoms. The van der Waals surface area contributed by atoms with Crippen molar-refractivity contribution in [3.05, 3.63) is 60.2 Å². The Labute approximate surface area is 147 Å². The number of nitrogens with one attached hydrogen (secondary N) is 1. The first kappa shape index (κ1) is 18.1. The Bertz CT molecular complexity index is 686. The summed E-state index contributed by atoms with van der Waals surface area (Å²) in [5, 5.41) is 2.55. The van der Waals surface area contributed by atoms with Gasteiger partial charge in [0.15, 0.2) is 0 Å². The van der Waals surface area contributed by atoms with Gasteiger partial charge in [0.25, 0.3) is 0 Å². The molecule has 0 fully saturated rings. The van der Waals surface area contributed by atoms with Gasteiger partial charge in [-0.15, -0.1) is 11.8 Å². The molecule has 0 saturated heterocycles. The van der Waals surface area contributed by atoms with Gasteiger partial charge in [-0.3, -0.25) is 9.59 Å². The average molecular weight is 342 g/mol. The van der Waals surface area contributed by atoms with Gasteiger partial charge >= 0.3 is 0 Å². The van der Waals surface area contributed by atoms with Crippen LogP contribution in [-0.4, -0.2) is 29.9 Å². The molecule has 2 aromatic carbocycles. The number of para-hydroxylation sites is 1. The Morgan fingerprint density at radius 1 is 1.08 bits per heavy atom. The van der Waals surface area contributed by atoms with Crippen LogP contribution >= 0.6 is 11.8 Å². The quantitative estimate of drug-likeness (QED) is 0.870. The van der Waals surface area contributed by atoms with Gasteiger partial charge in [0, 0.05) is 18.4 Å². The van der Waals surface area contributed by atoms with E-state index in [0.717, 1.165) is 16.9 Å². The molecule has 1 atom stereocenters. The van der Waals surface area contributed by atoms with Crippen molar-refractivity contribution < 1.29 is 9.59 Å². The summed E-state index contributed by atoms with van der Waals surface area (Å²) in [6.45, 7) is 3.82. The van der Waals surface area contributed by atoms with Gasteiger partial charge in [-0.25, -0.2) is 0 Å². The van der Waals surface area contributed by atoms with Gasteiger partial charge in [-0.05, 0) is 38.1 Å². The van der Waals surface area contributed by atoms with Gasteiger partial charge in [-0.1, -0.05) is 35.9 Å². The van der Waals surface area contributed by atoms with Crippen molar-refractivity contribution in [3.63, 3.8) is 0 Å². The zero-order valence-corrected chi connectivity index (χ0v) is 15.0. The number of carbonyl (C=O) groups excluding carboxylic acids is 2. The summed E-state index contributed by atoms with van der Waals surface area (Å²) in [5.74, 6) is 0.115. The van der Waals surface area contributed by atoms with Crippen molar-refractivity contribution in [1.29, 1.82) is 0 Å². The Morgan fingerprint density at radius 3 is 2.33 bits per heavy atom. The van der Waals surface area contributed by atoms with Crippen molar-refractivity contribution in [2.24, 2.45) is 0 Å². The molecule has 1 unspecified atom stereocenters. The number of aryl methyl sites for hydroxylation is 1. The Hall–Kier alpha value is -2.27. The van der Waals surface area contributed by atoms with E-state index in [4.69, 9.17) is 0 Å². The van der Waals surface area contributed by atoms with Gasteiger partial charge in [0.1, 0.15) is 0 Å². The number of nitrogens with zero attached hydrogens (tertiary/aromatic N) is 1. The Morgan fingerprint density at radius 2 is 1.71 bits per heavy atom. The number of hydrogen-bond donors (Lipinski definition) is 1. The summed E-state index contributed by atoms with van der Waals surface area (Å²) in [6.07, 6.45) is 0. The normalized spacial score (nSPS) is 11.6. The molecular formula is C19H22N2O2S. The number of hydrogen-bond acceptors (Lipinski definition) is 3. The number of thioether (sulfide) groups is 1.